The molecular weight excluding hydrogens is 524 g/mol. The van der Waals surface area contributed by atoms with Crippen LogP contribution in [0, 0.1) is 11.3 Å². The normalized spacial score (nSPS) is 23.3. The number of carbonyl (C=O) groups excluding carboxylic acids is 4. The predicted molar refractivity (Wildman–Crippen MR) is 117 cm³/mol. The molecule has 3 fully saturated rings. The van der Waals surface area contributed by atoms with Crippen LogP contribution in [0.2, 0.25) is 0 Å². The van der Waals surface area contributed by atoms with Crippen LogP contribution in [0.3, 0.4) is 0 Å². The molecule has 0 radical (unpaired) electrons. The Hall–Kier alpha value is -3.16. The van der Waals surface area contributed by atoms with Crippen LogP contribution < -0.4 is 10.6 Å². The van der Waals surface area contributed by atoms with Gasteiger partial charge in [-0.15, -0.1) is 13.2 Å². The van der Waals surface area contributed by atoms with Crippen LogP contribution >= 0.6 is 0 Å². The van der Waals surface area contributed by atoms with Gasteiger partial charge in [-0.3, -0.25) is 23.9 Å². The highest BCUT2D eigenvalue weighted by molar-refractivity contribution is 5.99. The summed E-state index contributed by atoms with van der Waals surface area (Å²) in [5.41, 5.74) is -1.69. The largest absolute Gasteiger partial charge is 0.522 e. The maximum Gasteiger partial charge on any atom is 0.522 e. The van der Waals surface area contributed by atoms with Gasteiger partial charge in [-0.25, -0.2) is 0 Å². The highest BCUT2D eigenvalue weighted by Crippen LogP contribution is 2.55. The van der Waals surface area contributed by atoms with Gasteiger partial charge in [0.05, 0.1) is 11.6 Å². The Morgan fingerprint density at radius 3 is 2.45 bits per heavy atom. The first-order valence-electron chi connectivity index (χ1n) is 12.0. The molecule has 2 aliphatic heterocycles. The van der Waals surface area contributed by atoms with Crippen LogP contribution in [0.15, 0.2) is 24.3 Å². The summed E-state index contributed by atoms with van der Waals surface area (Å²) < 4.78 is 80.6. The number of hydrogen-bond acceptors (Lipinski definition) is 5. The molecule has 3 aliphatic rings. The number of nitrogens with zero attached hydrogens (tertiary/aromatic N) is 1. The lowest BCUT2D eigenvalue weighted by atomic mass is 9.95. The molecule has 8 nitrogen and oxygen atoms in total. The molecule has 2 saturated heterocycles. The molecule has 3 unspecified atom stereocenters. The fraction of sp³-hybridized carbons (Fsp3) is 0.583. The van der Waals surface area contributed by atoms with Gasteiger partial charge >= 0.3 is 12.5 Å². The molecule has 1 aromatic rings. The number of likely N-dealkylation sites (tertiary alicyclic amines) is 1. The van der Waals surface area contributed by atoms with E-state index in [-0.39, 0.29) is 30.4 Å². The third-order valence-electron chi connectivity index (χ3n) is 7.23. The van der Waals surface area contributed by atoms with E-state index in [1.807, 2.05) is 0 Å². The Balaban J connectivity index is 1.53. The van der Waals surface area contributed by atoms with E-state index in [0.717, 1.165) is 17.0 Å². The Labute approximate surface area is 213 Å². The lowest BCUT2D eigenvalue weighted by Gasteiger charge is -2.27. The van der Waals surface area contributed by atoms with Crippen LogP contribution in [0.25, 0.3) is 0 Å². The van der Waals surface area contributed by atoms with Crippen LogP contribution in [0.4, 0.5) is 26.3 Å². The fourth-order valence-corrected chi connectivity index (χ4v) is 4.98. The molecule has 0 aromatic heterocycles. The van der Waals surface area contributed by atoms with E-state index in [0.29, 0.717) is 31.9 Å². The van der Waals surface area contributed by atoms with Gasteiger partial charge in [0.1, 0.15) is 12.6 Å². The zero-order chi connectivity index (χ0) is 27.9. The summed E-state index contributed by atoms with van der Waals surface area (Å²) in [6.07, 6.45) is -8.17. The summed E-state index contributed by atoms with van der Waals surface area (Å²) in [6, 6.07) is 1.12. The summed E-state index contributed by atoms with van der Waals surface area (Å²) in [5.74, 6) is -3.88. The molecular formula is C24H25F6N3O5. The molecule has 3 amide bonds. The quantitative estimate of drug-likeness (QED) is 0.486. The van der Waals surface area contributed by atoms with Crippen LogP contribution in [0.1, 0.15) is 48.0 Å². The molecule has 1 aliphatic carbocycles. The molecule has 14 heteroatoms. The molecule has 38 heavy (non-hydrogen) atoms. The number of halogens is 6. The van der Waals surface area contributed by atoms with E-state index in [2.05, 4.69) is 15.4 Å². The lowest BCUT2D eigenvalue weighted by molar-refractivity contribution is -0.321. The predicted octanol–water partition coefficient (Wildman–Crippen LogP) is 2.82. The van der Waals surface area contributed by atoms with E-state index >= 15 is 0 Å². The van der Waals surface area contributed by atoms with E-state index in [1.54, 1.807) is 0 Å². The van der Waals surface area contributed by atoms with Crippen molar-refractivity contribution < 1.29 is 50.3 Å². The molecule has 208 valence electrons. The molecule has 0 bridgehead atoms. The minimum atomic E-state index is -5.09. The molecule has 1 saturated carbocycles. The van der Waals surface area contributed by atoms with Crippen molar-refractivity contribution in [1.29, 1.82) is 0 Å². The number of alkyl halides is 6. The van der Waals surface area contributed by atoms with E-state index in [1.165, 1.54) is 6.07 Å². The molecule has 1 aromatic carbocycles. The van der Waals surface area contributed by atoms with Gasteiger partial charge in [0.2, 0.25) is 11.8 Å². The highest BCUT2D eigenvalue weighted by Gasteiger charge is 2.55. The molecule has 2 heterocycles. The number of ketones is 1. The van der Waals surface area contributed by atoms with Gasteiger partial charge in [-0.05, 0) is 55.7 Å². The first kappa shape index (κ1) is 27.9. The van der Waals surface area contributed by atoms with Crippen molar-refractivity contribution >= 4 is 23.5 Å². The first-order valence-corrected chi connectivity index (χ1v) is 12.0. The molecule has 1 spiro atoms. The fourth-order valence-electron chi connectivity index (χ4n) is 4.98. The average Bonchev–Trinajstić information content (AvgIpc) is 3.30. The Kier molecular flexibility index (Phi) is 7.47. The van der Waals surface area contributed by atoms with Crippen molar-refractivity contribution in [3.63, 3.8) is 0 Å². The Morgan fingerprint density at radius 2 is 1.87 bits per heavy atom. The number of rotatable bonds is 8. The van der Waals surface area contributed by atoms with Gasteiger partial charge in [-0.2, -0.15) is 13.2 Å². The van der Waals surface area contributed by atoms with Crippen molar-refractivity contribution in [3.05, 3.63) is 35.4 Å². The van der Waals surface area contributed by atoms with Gasteiger partial charge < -0.3 is 15.5 Å². The van der Waals surface area contributed by atoms with Crippen molar-refractivity contribution in [1.82, 2.24) is 15.5 Å². The summed E-state index contributed by atoms with van der Waals surface area (Å²) in [4.78, 5) is 52.3. The monoisotopic (exact) mass is 549 g/mol. The van der Waals surface area contributed by atoms with Gasteiger partial charge in [0.15, 0.2) is 5.78 Å². The summed E-state index contributed by atoms with van der Waals surface area (Å²) in [7, 11) is 0. The zero-order valence-electron chi connectivity index (χ0n) is 20.0. The maximum absolute atomic E-state index is 13.3. The highest BCUT2D eigenvalue weighted by atomic mass is 19.4. The van der Waals surface area contributed by atoms with Crippen molar-refractivity contribution in [3.8, 4) is 0 Å². The van der Waals surface area contributed by atoms with Crippen molar-refractivity contribution in [2.24, 2.45) is 11.3 Å². The second kappa shape index (κ2) is 10.2. The number of carbonyl (C=O) groups is 4. The van der Waals surface area contributed by atoms with Gasteiger partial charge in [0, 0.05) is 24.6 Å². The number of ether oxygens (including phenoxy) is 1. The third-order valence-corrected chi connectivity index (χ3v) is 7.23. The van der Waals surface area contributed by atoms with E-state index in [4.69, 9.17) is 0 Å². The second-order valence-electron chi connectivity index (χ2n) is 10.0. The average molecular weight is 549 g/mol. The minimum absolute atomic E-state index is 0.112. The molecule has 2 N–H and O–H groups in total. The number of nitrogens with one attached hydrogen (secondary N) is 2. The topological polar surface area (TPSA) is 105 Å². The summed E-state index contributed by atoms with van der Waals surface area (Å²) >= 11 is 0. The lowest BCUT2D eigenvalue weighted by Crippen LogP contribution is -2.52. The SMILES string of the molecule is O=C1NCCC1CC(NC(=O)C1CC2(CC2)CN1C(=O)c1cccc(C(F)(F)F)c1)C(=O)COC(F)(F)F. The first-order chi connectivity index (χ1) is 17.7. The van der Waals surface area contributed by atoms with E-state index < -0.39 is 66.2 Å². The van der Waals surface area contributed by atoms with Crippen LogP contribution in [-0.4, -0.2) is 66.5 Å². The van der Waals surface area contributed by atoms with Gasteiger partial charge in [-0.1, -0.05) is 6.07 Å². The summed E-state index contributed by atoms with van der Waals surface area (Å²) in [5, 5.41) is 4.94. The number of benzene rings is 1. The second-order valence-corrected chi connectivity index (χ2v) is 10.0. The number of Topliss-reactive ketones (excluding diaryl/α,β-unsaturated/α-hetero) is 1. The third kappa shape index (κ3) is 6.45. The number of hydrogen-bond donors (Lipinski definition) is 2. The maximum atomic E-state index is 13.3. The molecule has 4 rings (SSSR count). The van der Waals surface area contributed by atoms with Crippen molar-refractivity contribution in [2.45, 2.75) is 56.7 Å². The van der Waals surface area contributed by atoms with Gasteiger partial charge in [0.25, 0.3) is 5.91 Å². The van der Waals surface area contributed by atoms with Crippen LogP contribution in [-0.2, 0) is 25.3 Å². The minimum Gasteiger partial charge on any atom is -0.356 e. The Bertz CT molecular complexity index is 1120. The van der Waals surface area contributed by atoms with Crippen molar-refractivity contribution in [2.75, 3.05) is 19.7 Å². The summed E-state index contributed by atoms with van der Waals surface area (Å²) in [6.45, 7) is -0.965. The number of amides is 3. The molecule has 3 atom stereocenters. The van der Waals surface area contributed by atoms with Crippen LogP contribution in [0.5, 0.6) is 0 Å². The van der Waals surface area contributed by atoms with E-state index in [9.17, 15) is 45.5 Å². The Morgan fingerprint density at radius 1 is 1.16 bits per heavy atom. The standard InChI is InChI=1S/C24H25F6N3O5/c25-23(26,27)15-3-1-2-14(8-15)21(37)33-12-22(5-6-22)10-17(33)20(36)32-16(9-13-4-7-31-19(13)35)18(34)11-38-24(28,29)30/h1-3,8,13,16-17H,4-7,9-12H2,(H,31,35)(H,32,36). The smallest absolute Gasteiger partial charge is 0.356 e. The zero-order valence-corrected chi connectivity index (χ0v) is 20.0.